The highest BCUT2D eigenvalue weighted by Gasteiger charge is 2.17. The van der Waals surface area contributed by atoms with E-state index >= 15 is 0 Å². The molecule has 0 saturated carbocycles. The number of piperidine rings is 1. The highest BCUT2D eigenvalue weighted by molar-refractivity contribution is 14.0. The number of hydrogen-bond donors (Lipinski definition) is 2. The van der Waals surface area contributed by atoms with Crippen LogP contribution in [-0.4, -0.2) is 48.7 Å². The van der Waals surface area contributed by atoms with Crippen molar-refractivity contribution in [3.05, 3.63) is 42.1 Å². The first kappa shape index (κ1) is 22.7. The Bertz CT molecular complexity index is 719. The van der Waals surface area contributed by atoms with Gasteiger partial charge >= 0.3 is 0 Å². The minimum atomic E-state index is 0. The molecule has 1 aromatic heterocycles. The van der Waals surface area contributed by atoms with Crippen molar-refractivity contribution in [1.82, 2.24) is 20.7 Å². The van der Waals surface area contributed by atoms with Crippen molar-refractivity contribution >= 4 is 29.9 Å². The average molecular weight is 497 g/mol. The highest BCUT2D eigenvalue weighted by Crippen LogP contribution is 2.19. The van der Waals surface area contributed by atoms with Crippen LogP contribution in [0.5, 0.6) is 0 Å². The zero-order chi connectivity index (χ0) is 18.9. The number of likely N-dealkylation sites (tertiary alicyclic amines) is 1. The third-order valence-electron chi connectivity index (χ3n) is 5.13. The van der Waals surface area contributed by atoms with Gasteiger partial charge in [0.25, 0.3) is 0 Å². The zero-order valence-corrected chi connectivity index (χ0v) is 19.2. The molecule has 28 heavy (non-hydrogen) atoms. The van der Waals surface area contributed by atoms with Gasteiger partial charge in [0.2, 0.25) is 0 Å². The molecule has 1 aliphatic rings. The van der Waals surface area contributed by atoms with E-state index < -0.39 is 0 Å². The van der Waals surface area contributed by atoms with E-state index in [0.29, 0.717) is 6.54 Å². The highest BCUT2D eigenvalue weighted by atomic mass is 127. The Morgan fingerprint density at radius 1 is 1.25 bits per heavy atom. The average Bonchev–Trinajstić information content (AvgIpc) is 3.18. The van der Waals surface area contributed by atoms with E-state index in [2.05, 4.69) is 32.6 Å². The number of aromatic nitrogens is 1. The fourth-order valence-corrected chi connectivity index (χ4v) is 3.51. The minimum Gasteiger partial charge on any atom is -0.356 e. The largest absolute Gasteiger partial charge is 0.356 e. The number of hydrogen-bond acceptors (Lipinski definition) is 4. The van der Waals surface area contributed by atoms with Gasteiger partial charge in [0.1, 0.15) is 5.69 Å². The second kappa shape index (κ2) is 12.1. The number of benzene rings is 1. The molecular formula is C21H32IN5O. The summed E-state index contributed by atoms with van der Waals surface area (Å²) in [7, 11) is 1.79. The number of halogens is 1. The quantitative estimate of drug-likeness (QED) is 0.263. The Kier molecular flexibility index (Phi) is 9.77. The van der Waals surface area contributed by atoms with Crippen LogP contribution in [0.3, 0.4) is 0 Å². The SMILES string of the molecule is CN=C(NCCCN1CCCCC1C)NCc1cc(-c2ccccc2)on1.I. The lowest BCUT2D eigenvalue weighted by Crippen LogP contribution is -2.41. The standard InChI is InChI=1S/C21H31N5O.HI/c1-17-9-6-7-13-26(17)14-8-12-23-21(22-2)24-16-19-15-20(27-25-19)18-10-4-3-5-11-18;/h3-5,10-11,15,17H,6-9,12-14,16H2,1-2H3,(H2,22,23,24);1H. The van der Waals surface area contributed by atoms with Crippen molar-refractivity contribution < 1.29 is 4.52 Å². The van der Waals surface area contributed by atoms with Crippen molar-refractivity contribution in [2.45, 2.75) is 45.2 Å². The Labute approximate surface area is 185 Å². The van der Waals surface area contributed by atoms with E-state index in [-0.39, 0.29) is 24.0 Å². The summed E-state index contributed by atoms with van der Waals surface area (Å²) < 4.78 is 5.44. The Balaban J connectivity index is 0.00000280. The minimum absolute atomic E-state index is 0. The molecular weight excluding hydrogens is 465 g/mol. The van der Waals surface area contributed by atoms with Crippen molar-refractivity contribution in [2.75, 3.05) is 26.7 Å². The first-order valence-corrected chi connectivity index (χ1v) is 9.96. The lowest BCUT2D eigenvalue weighted by Gasteiger charge is -2.33. The molecule has 7 heteroatoms. The maximum absolute atomic E-state index is 5.44. The molecule has 1 unspecified atom stereocenters. The molecule has 2 N–H and O–H groups in total. The van der Waals surface area contributed by atoms with Crippen molar-refractivity contribution in [2.24, 2.45) is 4.99 Å². The molecule has 1 fully saturated rings. The normalized spacial score (nSPS) is 17.8. The molecule has 0 spiro atoms. The van der Waals surface area contributed by atoms with Crippen LogP contribution in [0, 0.1) is 0 Å². The molecule has 0 aliphatic carbocycles. The van der Waals surface area contributed by atoms with Gasteiger partial charge in [-0.15, -0.1) is 24.0 Å². The molecule has 0 bridgehead atoms. The third kappa shape index (κ3) is 6.77. The summed E-state index contributed by atoms with van der Waals surface area (Å²) >= 11 is 0. The van der Waals surface area contributed by atoms with Gasteiger partial charge in [0.15, 0.2) is 11.7 Å². The number of rotatable bonds is 7. The van der Waals surface area contributed by atoms with Gasteiger partial charge in [-0.25, -0.2) is 0 Å². The van der Waals surface area contributed by atoms with E-state index in [0.717, 1.165) is 48.5 Å². The Morgan fingerprint density at radius 2 is 2.07 bits per heavy atom. The number of aliphatic imine (C=N–C) groups is 1. The molecule has 2 aromatic rings. The van der Waals surface area contributed by atoms with E-state index in [1.54, 1.807) is 7.05 Å². The van der Waals surface area contributed by atoms with Crippen LogP contribution in [0.4, 0.5) is 0 Å². The molecule has 6 nitrogen and oxygen atoms in total. The summed E-state index contributed by atoms with van der Waals surface area (Å²) in [5.74, 6) is 1.58. The summed E-state index contributed by atoms with van der Waals surface area (Å²) in [5.41, 5.74) is 1.89. The van der Waals surface area contributed by atoms with Crippen molar-refractivity contribution in [3.8, 4) is 11.3 Å². The van der Waals surface area contributed by atoms with Gasteiger partial charge < -0.3 is 20.1 Å². The number of nitrogens with zero attached hydrogens (tertiary/aromatic N) is 3. The van der Waals surface area contributed by atoms with Crippen LogP contribution >= 0.6 is 24.0 Å². The Hall–Kier alpha value is -1.61. The van der Waals surface area contributed by atoms with Gasteiger partial charge in [-0.3, -0.25) is 4.99 Å². The first-order chi connectivity index (χ1) is 13.3. The van der Waals surface area contributed by atoms with E-state index in [1.165, 1.54) is 25.8 Å². The molecule has 1 aliphatic heterocycles. The topological polar surface area (TPSA) is 65.7 Å². The molecule has 1 atom stereocenters. The van der Waals surface area contributed by atoms with Crippen LogP contribution < -0.4 is 10.6 Å². The maximum Gasteiger partial charge on any atom is 0.191 e. The first-order valence-electron chi connectivity index (χ1n) is 9.96. The molecule has 154 valence electrons. The summed E-state index contributed by atoms with van der Waals surface area (Å²) in [6, 6.07) is 12.7. The van der Waals surface area contributed by atoms with Crippen LogP contribution in [0.1, 0.15) is 38.3 Å². The molecule has 3 rings (SSSR count). The summed E-state index contributed by atoms with van der Waals surface area (Å²) in [5, 5.41) is 10.8. The third-order valence-corrected chi connectivity index (χ3v) is 5.13. The summed E-state index contributed by atoms with van der Waals surface area (Å²) in [6.45, 7) is 6.23. The lowest BCUT2D eigenvalue weighted by molar-refractivity contribution is 0.159. The van der Waals surface area contributed by atoms with Crippen molar-refractivity contribution in [3.63, 3.8) is 0 Å². The van der Waals surface area contributed by atoms with Gasteiger partial charge in [-0.2, -0.15) is 0 Å². The van der Waals surface area contributed by atoms with Crippen molar-refractivity contribution in [1.29, 1.82) is 0 Å². The lowest BCUT2D eigenvalue weighted by atomic mass is 10.0. The van der Waals surface area contributed by atoms with Crippen LogP contribution in [0.15, 0.2) is 45.9 Å². The predicted molar refractivity (Wildman–Crippen MR) is 125 cm³/mol. The van der Waals surface area contributed by atoms with Crippen LogP contribution in [-0.2, 0) is 6.54 Å². The van der Waals surface area contributed by atoms with Gasteiger partial charge in [0, 0.05) is 37.8 Å². The molecule has 1 aromatic carbocycles. The monoisotopic (exact) mass is 497 g/mol. The molecule has 0 radical (unpaired) electrons. The molecule has 2 heterocycles. The summed E-state index contributed by atoms with van der Waals surface area (Å²) in [4.78, 5) is 6.89. The van der Waals surface area contributed by atoms with Gasteiger partial charge in [0.05, 0.1) is 6.54 Å². The van der Waals surface area contributed by atoms with E-state index in [1.807, 2.05) is 36.4 Å². The zero-order valence-electron chi connectivity index (χ0n) is 16.9. The van der Waals surface area contributed by atoms with Gasteiger partial charge in [-0.1, -0.05) is 41.9 Å². The predicted octanol–water partition coefficient (Wildman–Crippen LogP) is 3.89. The summed E-state index contributed by atoms with van der Waals surface area (Å²) in [6.07, 6.45) is 5.16. The molecule has 1 saturated heterocycles. The van der Waals surface area contributed by atoms with Crippen LogP contribution in [0.25, 0.3) is 11.3 Å². The van der Waals surface area contributed by atoms with Gasteiger partial charge in [-0.05, 0) is 32.7 Å². The second-order valence-electron chi connectivity index (χ2n) is 7.14. The molecule has 0 amide bonds. The fourth-order valence-electron chi connectivity index (χ4n) is 3.51. The second-order valence-corrected chi connectivity index (χ2v) is 7.14. The number of guanidine groups is 1. The van der Waals surface area contributed by atoms with E-state index in [4.69, 9.17) is 4.52 Å². The number of nitrogens with one attached hydrogen (secondary N) is 2. The smallest absolute Gasteiger partial charge is 0.191 e. The maximum atomic E-state index is 5.44. The Morgan fingerprint density at radius 3 is 2.82 bits per heavy atom. The fraction of sp³-hybridized carbons (Fsp3) is 0.524. The van der Waals surface area contributed by atoms with E-state index in [9.17, 15) is 0 Å². The van der Waals surface area contributed by atoms with Crippen LogP contribution in [0.2, 0.25) is 0 Å².